The third kappa shape index (κ3) is 1.84. The van der Waals surface area contributed by atoms with Crippen LogP contribution in [0.15, 0.2) is 0 Å². The van der Waals surface area contributed by atoms with Crippen molar-refractivity contribution in [3.05, 3.63) is 0 Å². The Morgan fingerprint density at radius 3 is 2.91 bits per heavy atom. The van der Waals surface area contributed by atoms with Crippen molar-refractivity contribution in [2.24, 2.45) is 0 Å². The molecule has 1 saturated heterocycles. The predicted molar refractivity (Wildman–Crippen MR) is 40.6 cm³/mol. The van der Waals surface area contributed by atoms with Crippen molar-refractivity contribution in [3.8, 4) is 0 Å². The van der Waals surface area contributed by atoms with Gasteiger partial charge < -0.3 is 9.47 Å². The summed E-state index contributed by atoms with van der Waals surface area (Å²) < 4.78 is 9.75. The molecule has 1 heterocycles. The molecule has 11 heavy (non-hydrogen) atoms. The zero-order chi connectivity index (χ0) is 8.48. The minimum absolute atomic E-state index is 0.171. The van der Waals surface area contributed by atoms with Gasteiger partial charge in [0.25, 0.3) is 0 Å². The lowest BCUT2D eigenvalue weighted by atomic mass is 10.1. The van der Waals surface area contributed by atoms with Gasteiger partial charge in [0.1, 0.15) is 11.0 Å². The number of carbonyl (C=O) groups excluding carboxylic acids is 1. The van der Waals surface area contributed by atoms with Gasteiger partial charge in [-0.3, -0.25) is 4.79 Å². The van der Waals surface area contributed by atoms with Gasteiger partial charge in [0.15, 0.2) is 0 Å². The molecular formula is C7H11ClO3. The second-order valence-electron chi connectivity index (χ2n) is 2.88. The summed E-state index contributed by atoms with van der Waals surface area (Å²) in [5.41, 5.74) is 0. The lowest BCUT2D eigenvalue weighted by molar-refractivity contribution is -0.144. The number of hydrogen-bond donors (Lipinski definition) is 0. The average molecular weight is 179 g/mol. The third-order valence-corrected chi connectivity index (χ3v) is 1.97. The fourth-order valence-electron chi connectivity index (χ4n) is 1.11. The number of cyclic esters (lactones) is 1. The van der Waals surface area contributed by atoms with Crippen LogP contribution in [-0.2, 0) is 14.3 Å². The minimum atomic E-state index is -0.844. The fourth-order valence-corrected chi connectivity index (χ4v) is 1.32. The van der Waals surface area contributed by atoms with E-state index in [1.165, 1.54) is 0 Å². The van der Waals surface area contributed by atoms with Gasteiger partial charge in [0.2, 0.25) is 0 Å². The summed E-state index contributed by atoms with van der Waals surface area (Å²) in [6.45, 7) is 2.08. The van der Waals surface area contributed by atoms with E-state index >= 15 is 0 Å². The van der Waals surface area contributed by atoms with Gasteiger partial charge in [-0.05, 0) is 6.92 Å². The fraction of sp³-hybridized carbons (Fsp3) is 0.857. The number of alkyl halides is 1. The second kappa shape index (κ2) is 2.99. The maximum Gasteiger partial charge on any atom is 0.327 e. The normalized spacial score (nSPS) is 37.4. The molecule has 2 atom stereocenters. The molecule has 0 N–H and O–H groups in total. The van der Waals surface area contributed by atoms with Crippen molar-refractivity contribution >= 4 is 17.6 Å². The first-order valence-electron chi connectivity index (χ1n) is 3.45. The maximum absolute atomic E-state index is 11.0. The Morgan fingerprint density at radius 1 is 1.91 bits per heavy atom. The largest absolute Gasteiger partial charge is 0.459 e. The van der Waals surface area contributed by atoms with Gasteiger partial charge >= 0.3 is 5.97 Å². The Morgan fingerprint density at radius 2 is 2.55 bits per heavy atom. The molecule has 0 spiro atoms. The van der Waals surface area contributed by atoms with Crippen LogP contribution in [0.5, 0.6) is 0 Å². The summed E-state index contributed by atoms with van der Waals surface area (Å²) in [6.07, 6.45) is 0.358. The molecule has 1 rings (SSSR count). The van der Waals surface area contributed by atoms with Crippen molar-refractivity contribution in [1.82, 2.24) is 0 Å². The SMILES string of the molecule is COC[C@@H]1C[C@@](C)(Cl)C(=O)O1. The van der Waals surface area contributed by atoms with E-state index in [4.69, 9.17) is 21.1 Å². The van der Waals surface area contributed by atoms with Crippen molar-refractivity contribution in [3.63, 3.8) is 0 Å². The van der Waals surface area contributed by atoms with Crippen LogP contribution >= 0.6 is 11.6 Å². The molecule has 1 fully saturated rings. The van der Waals surface area contributed by atoms with Crippen LogP contribution in [0.4, 0.5) is 0 Å². The van der Waals surface area contributed by atoms with E-state index in [1.807, 2.05) is 0 Å². The molecule has 0 aromatic rings. The average Bonchev–Trinajstić information content (AvgIpc) is 2.08. The first-order chi connectivity index (χ1) is 5.06. The van der Waals surface area contributed by atoms with Crippen LogP contribution in [0, 0.1) is 0 Å². The topological polar surface area (TPSA) is 35.5 Å². The number of hydrogen-bond acceptors (Lipinski definition) is 3. The summed E-state index contributed by atoms with van der Waals surface area (Å²) in [6, 6.07) is 0. The first kappa shape index (κ1) is 8.81. The number of methoxy groups -OCH3 is 1. The number of ether oxygens (including phenoxy) is 2. The number of rotatable bonds is 2. The quantitative estimate of drug-likeness (QED) is 0.467. The van der Waals surface area contributed by atoms with E-state index in [1.54, 1.807) is 14.0 Å². The minimum Gasteiger partial charge on any atom is -0.459 e. The van der Waals surface area contributed by atoms with Crippen molar-refractivity contribution in [2.45, 2.75) is 24.3 Å². The maximum atomic E-state index is 11.0. The summed E-state index contributed by atoms with van der Waals surface area (Å²) in [7, 11) is 1.57. The predicted octanol–water partition coefficient (Wildman–Crippen LogP) is 0.946. The van der Waals surface area contributed by atoms with Gasteiger partial charge in [-0.25, -0.2) is 0 Å². The van der Waals surface area contributed by atoms with E-state index in [2.05, 4.69) is 0 Å². The van der Waals surface area contributed by atoms with Gasteiger partial charge in [-0.1, -0.05) is 0 Å². The van der Waals surface area contributed by atoms with E-state index in [-0.39, 0.29) is 12.1 Å². The van der Waals surface area contributed by atoms with Crippen LogP contribution in [0.25, 0.3) is 0 Å². The van der Waals surface area contributed by atoms with E-state index in [0.717, 1.165) is 0 Å². The molecule has 1 aliphatic heterocycles. The highest BCUT2D eigenvalue weighted by molar-refractivity contribution is 6.34. The second-order valence-corrected chi connectivity index (χ2v) is 3.72. The molecule has 0 aliphatic carbocycles. The first-order valence-corrected chi connectivity index (χ1v) is 3.83. The summed E-state index contributed by atoms with van der Waals surface area (Å²) >= 11 is 5.82. The van der Waals surface area contributed by atoms with E-state index < -0.39 is 4.87 Å². The zero-order valence-corrected chi connectivity index (χ0v) is 7.35. The molecular weight excluding hydrogens is 168 g/mol. The lowest BCUT2D eigenvalue weighted by Gasteiger charge is -2.06. The third-order valence-electron chi connectivity index (χ3n) is 1.66. The van der Waals surface area contributed by atoms with Crippen LogP contribution in [0.2, 0.25) is 0 Å². The molecule has 3 nitrogen and oxygen atoms in total. The molecule has 0 radical (unpaired) electrons. The van der Waals surface area contributed by atoms with Crippen LogP contribution < -0.4 is 0 Å². The molecule has 4 heteroatoms. The van der Waals surface area contributed by atoms with Gasteiger partial charge in [0.05, 0.1) is 6.61 Å². The van der Waals surface area contributed by atoms with Gasteiger partial charge in [0, 0.05) is 13.5 Å². The van der Waals surface area contributed by atoms with E-state index in [9.17, 15) is 4.79 Å². The summed E-state index contributed by atoms with van der Waals surface area (Å²) in [5.74, 6) is -0.346. The molecule has 0 aromatic heterocycles. The molecule has 0 bridgehead atoms. The molecule has 1 aliphatic rings. The van der Waals surface area contributed by atoms with Gasteiger partial charge in [-0.15, -0.1) is 11.6 Å². The Hall–Kier alpha value is -0.280. The number of carbonyl (C=O) groups is 1. The summed E-state index contributed by atoms with van der Waals surface area (Å²) in [5, 5.41) is 0. The molecule has 0 saturated carbocycles. The number of esters is 1. The van der Waals surface area contributed by atoms with Crippen molar-refractivity contribution < 1.29 is 14.3 Å². The van der Waals surface area contributed by atoms with Crippen LogP contribution in [0.3, 0.4) is 0 Å². The standard InChI is InChI=1S/C7H11ClO3/c1-7(8)3-5(4-10-2)11-6(7)9/h5H,3-4H2,1-2H3/t5-,7+/m0/s1. The Kier molecular flexibility index (Phi) is 2.40. The smallest absolute Gasteiger partial charge is 0.327 e. The Labute approximate surface area is 70.6 Å². The van der Waals surface area contributed by atoms with Crippen LogP contribution in [-0.4, -0.2) is 30.7 Å². The molecule has 64 valence electrons. The van der Waals surface area contributed by atoms with Crippen molar-refractivity contribution in [2.75, 3.05) is 13.7 Å². The Bertz CT molecular complexity index is 167. The van der Waals surface area contributed by atoms with E-state index in [0.29, 0.717) is 13.0 Å². The monoisotopic (exact) mass is 178 g/mol. The Balaban J connectivity index is 2.50. The zero-order valence-electron chi connectivity index (χ0n) is 6.59. The highest BCUT2D eigenvalue weighted by Crippen LogP contribution is 2.31. The molecule has 0 amide bonds. The highest BCUT2D eigenvalue weighted by atomic mass is 35.5. The molecule has 0 unspecified atom stereocenters. The lowest BCUT2D eigenvalue weighted by Crippen LogP contribution is -2.22. The van der Waals surface area contributed by atoms with Crippen LogP contribution in [0.1, 0.15) is 13.3 Å². The van der Waals surface area contributed by atoms with Gasteiger partial charge in [-0.2, -0.15) is 0 Å². The number of halogens is 1. The summed E-state index contributed by atoms with van der Waals surface area (Å²) in [4.78, 5) is 10.1. The highest BCUT2D eigenvalue weighted by Gasteiger charge is 2.43. The molecule has 0 aromatic carbocycles. The van der Waals surface area contributed by atoms with Crippen molar-refractivity contribution in [1.29, 1.82) is 0 Å².